The normalized spacial score (nSPS) is 10.7. The summed E-state index contributed by atoms with van der Waals surface area (Å²) < 4.78 is 1.54. The van der Waals surface area contributed by atoms with Gasteiger partial charge in [0.2, 0.25) is 5.91 Å². The first-order valence-electron chi connectivity index (χ1n) is 9.65. The van der Waals surface area contributed by atoms with Crippen molar-refractivity contribution in [2.75, 3.05) is 5.32 Å². The molecule has 0 saturated heterocycles. The minimum Gasteiger partial charge on any atom is -0.332 e. The Morgan fingerprint density at radius 1 is 1.16 bits per heavy atom. The summed E-state index contributed by atoms with van der Waals surface area (Å²) in [4.78, 5) is 32.5. The van der Waals surface area contributed by atoms with Gasteiger partial charge in [0.1, 0.15) is 6.54 Å². The van der Waals surface area contributed by atoms with E-state index in [0.29, 0.717) is 24.3 Å². The van der Waals surface area contributed by atoms with Crippen LogP contribution in [-0.2, 0) is 24.4 Å². The van der Waals surface area contributed by atoms with Crippen LogP contribution in [0.4, 0.5) is 5.69 Å². The molecule has 0 atom stereocenters. The average Bonchev–Trinajstić information content (AvgIpc) is 3.52. The first-order chi connectivity index (χ1) is 15.1. The lowest BCUT2D eigenvalue weighted by Crippen LogP contribution is -2.33. The summed E-state index contributed by atoms with van der Waals surface area (Å²) in [5.41, 5.74) is 4.95. The molecule has 3 aromatic heterocycles. The summed E-state index contributed by atoms with van der Waals surface area (Å²) in [7, 11) is 0. The van der Waals surface area contributed by atoms with Crippen LogP contribution in [0.5, 0.6) is 0 Å². The van der Waals surface area contributed by atoms with Crippen LogP contribution in [0.1, 0.15) is 26.5 Å². The second-order valence-electron chi connectivity index (χ2n) is 6.99. The smallest absolute Gasteiger partial charge is 0.256 e. The van der Waals surface area contributed by atoms with Gasteiger partial charge in [-0.25, -0.2) is 4.98 Å². The highest BCUT2D eigenvalue weighted by molar-refractivity contribution is 7.09. The summed E-state index contributed by atoms with van der Waals surface area (Å²) in [6.07, 6.45) is 3.22. The molecule has 0 spiro atoms. The van der Waals surface area contributed by atoms with Gasteiger partial charge in [-0.3, -0.25) is 14.3 Å². The van der Waals surface area contributed by atoms with Crippen LogP contribution in [-0.4, -0.2) is 31.5 Å². The molecule has 0 saturated carbocycles. The van der Waals surface area contributed by atoms with Crippen LogP contribution in [0.25, 0.3) is 0 Å². The van der Waals surface area contributed by atoms with Crippen molar-refractivity contribution < 1.29 is 9.59 Å². The minimum atomic E-state index is -0.196. The molecule has 0 aliphatic carbocycles. The number of benzene rings is 1. The van der Waals surface area contributed by atoms with E-state index < -0.39 is 0 Å². The van der Waals surface area contributed by atoms with Crippen LogP contribution < -0.4 is 5.32 Å². The summed E-state index contributed by atoms with van der Waals surface area (Å²) in [6.45, 7) is 3.03. The number of rotatable bonds is 8. The van der Waals surface area contributed by atoms with Crippen molar-refractivity contribution in [1.82, 2.24) is 19.7 Å². The fourth-order valence-electron chi connectivity index (χ4n) is 3.04. The summed E-state index contributed by atoms with van der Waals surface area (Å²) in [5.74, 6) is -0.256. The molecule has 0 aliphatic rings. The highest BCUT2D eigenvalue weighted by Crippen LogP contribution is 2.18. The van der Waals surface area contributed by atoms with Crippen molar-refractivity contribution in [1.29, 1.82) is 0 Å². The fourth-order valence-corrected chi connectivity index (χ4v) is 4.47. The topological polar surface area (TPSA) is 80.1 Å². The SMILES string of the molecule is Cc1ncsc1CN(Cc1ccccc1)C(=O)Cn1cc(NC(=O)c2ccsc2)cn1. The number of nitrogens with one attached hydrogen (secondary N) is 1. The molecule has 31 heavy (non-hydrogen) atoms. The number of carbonyl (C=O) groups is 2. The third-order valence-electron chi connectivity index (χ3n) is 4.72. The molecule has 3 heterocycles. The van der Waals surface area contributed by atoms with Crippen LogP contribution >= 0.6 is 22.7 Å². The Morgan fingerprint density at radius 2 is 2.00 bits per heavy atom. The van der Waals surface area contributed by atoms with E-state index in [0.717, 1.165) is 16.1 Å². The lowest BCUT2D eigenvalue weighted by molar-refractivity contribution is -0.133. The van der Waals surface area contributed by atoms with E-state index in [1.165, 1.54) is 11.3 Å². The molecule has 4 rings (SSSR count). The molecule has 7 nitrogen and oxygen atoms in total. The Kier molecular flexibility index (Phi) is 6.54. The van der Waals surface area contributed by atoms with E-state index in [4.69, 9.17) is 0 Å². The summed E-state index contributed by atoms with van der Waals surface area (Å²) in [6, 6.07) is 11.7. The maximum atomic E-state index is 13.1. The van der Waals surface area contributed by atoms with Crippen LogP contribution in [0.15, 0.2) is 65.1 Å². The number of nitrogens with zero attached hydrogens (tertiary/aromatic N) is 4. The van der Waals surface area contributed by atoms with Crippen molar-refractivity contribution in [2.24, 2.45) is 0 Å². The van der Waals surface area contributed by atoms with Gasteiger partial charge in [-0.05, 0) is 23.9 Å². The van der Waals surface area contributed by atoms with Gasteiger partial charge in [0.15, 0.2) is 0 Å². The number of thiophene rings is 1. The maximum Gasteiger partial charge on any atom is 0.256 e. The molecule has 0 fully saturated rings. The molecule has 0 radical (unpaired) electrons. The molecular formula is C22H21N5O2S2. The van der Waals surface area contributed by atoms with E-state index in [9.17, 15) is 9.59 Å². The number of carbonyl (C=O) groups excluding carboxylic acids is 2. The van der Waals surface area contributed by atoms with Crippen LogP contribution in [0.3, 0.4) is 0 Å². The van der Waals surface area contributed by atoms with E-state index in [-0.39, 0.29) is 18.4 Å². The quantitative estimate of drug-likeness (QED) is 0.436. The lowest BCUT2D eigenvalue weighted by Gasteiger charge is -2.22. The third-order valence-corrected chi connectivity index (χ3v) is 6.32. The van der Waals surface area contributed by atoms with Crippen molar-refractivity contribution in [3.8, 4) is 0 Å². The number of hydrogen-bond acceptors (Lipinski definition) is 6. The molecule has 4 aromatic rings. The highest BCUT2D eigenvalue weighted by atomic mass is 32.1. The number of hydrogen-bond donors (Lipinski definition) is 1. The van der Waals surface area contributed by atoms with Crippen molar-refractivity contribution >= 4 is 40.2 Å². The lowest BCUT2D eigenvalue weighted by atomic mass is 10.2. The van der Waals surface area contributed by atoms with Gasteiger partial charge in [0, 0.05) is 23.0 Å². The Morgan fingerprint density at radius 3 is 2.71 bits per heavy atom. The van der Waals surface area contributed by atoms with Gasteiger partial charge in [-0.15, -0.1) is 11.3 Å². The van der Waals surface area contributed by atoms with Gasteiger partial charge >= 0.3 is 0 Å². The maximum absolute atomic E-state index is 13.1. The zero-order chi connectivity index (χ0) is 21.6. The van der Waals surface area contributed by atoms with E-state index in [1.807, 2.05) is 42.6 Å². The van der Waals surface area contributed by atoms with E-state index >= 15 is 0 Å². The van der Waals surface area contributed by atoms with Gasteiger partial charge in [-0.2, -0.15) is 16.4 Å². The zero-order valence-corrected chi connectivity index (χ0v) is 18.5. The number of aromatic nitrogens is 3. The summed E-state index contributed by atoms with van der Waals surface area (Å²) >= 11 is 3.01. The highest BCUT2D eigenvalue weighted by Gasteiger charge is 2.18. The van der Waals surface area contributed by atoms with Gasteiger partial charge in [0.25, 0.3) is 5.91 Å². The first kappa shape index (κ1) is 21.0. The van der Waals surface area contributed by atoms with Gasteiger partial charge < -0.3 is 10.2 Å². The fraction of sp³-hybridized carbons (Fsp3) is 0.182. The number of thiazole rings is 1. The molecule has 0 aliphatic heterocycles. The predicted octanol–water partition coefficient (Wildman–Crippen LogP) is 4.19. The standard InChI is InChI=1S/C22H21N5O2S2/c1-16-20(31-15-23-16)12-26(10-17-5-3-2-4-6-17)21(28)13-27-11-19(9-24-27)25-22(29)18-7-8-30-14-18/h2-9,11,14-15H,10,12-13H2,1H3,(H,25,29). The molecule has 158 valence electrons. The van der Waals surface area contributed by atoms with Gasteiger partial charge in [-0.1, -0.05) is 30.3 Å². The second kappa shape index (κ2) is 9.67. The van der Waals surface area contributed by atoms with E-state index in [1.54, 1.807) is 50.3 Å². The van der Waals surface area contributed by atoms with Crippen LogP contribution in [0, 0.1) is 6.92 Å². The predicted molar refractivity (Wildman–Crippen MR) is 122 cm³/mol. The Labute approximate surface area is 188 Å². The molecular weight excluding hydrogens is 430 g/mol. The van der Waals surface area contributed by atoms with E-state index in [2.05, 4.69) is 15.4 Å². The molecule has 1 aromatic carbocycles. The minimum absolute atomic E-state index is 0.0598. The van der Waals surface area contributed by atoms with Crippen molar-refractivity contribution in [3.05, 3.63) is 86.8 Å². The number of aryl methyl sites for hydroxylation is 1. The molecule has 0 bridgehead atoms. The van der Waals surface area contributed by atoms with Crippen molar-refractivity contribution in [2.45, 2.75) is 26.6 Å². The van der Waals surface area contributed by atoms with Crippen LogP contribution in [0.2, 0.25) is 0 Å². The zero-order valence-electron chi connectivity index (χ0n) is 16.9. The average molecular weight is 452 g/mol. The first-order valence-corrected chi connectivity index (χ1v) is 11.5. The van der Waals surface area contributed by atoms with Crippen molar-refractivity contribution in [3.63, 3.8) is 0 Å². The third kappa shape index (κ3) is 5.44. The Bertz CT molecular complexity index is 1150. The monoisotopic (exact) mass is 451 g/mol. The summed E-state index contributed by atoms with van der Waals surface area (Å²) in [5, 5.41) is 10.7. The molecule has 2 amide bonds. The number of anilines is 1. The molecule has 9 heteroatoms. The Hall–Kier alpha value is -3.30. The Balaban J connectivity index is 1.45. The molecule has 0 unspecified atom stereocenters. The number of amides is 2. The van der Waals surface area contributed by atoms with Gasteiger partial charge in [0.05, 0.1) is 35.2 Å². The second-order valence-corrected chi connectivity index (χ2v) is 8.71. The largest absolute Gasteiger partial charge is 0.332 e. The molecule has 1 N–H and O–H groups in total.